The third kappa shape index (κ3) is 3.53. The third-order valence-electron chi connectivity index (χ3n) is 3.73. The normalized spacial score (nSPS) is 11.8. The number of rotatable bonds is 4. The van der Waals surface area contributed by atoms with Crippen molar-refractivity contribution in [3.63, 3.8) is 0 Å². The number of nitrogens with one attached hydrogen (secondary N) is 2. The minimum atomic E-state index is -4.55. The van der Waals surface area contributed by atoms with Crippen molar-refractivity contribution in [2.24, 2.45) is 4.99 Å². The molecule has 0 aliphatic carbocycles. The number of nitrogens with zero attached hydrogens (tertiary/aromatic N) is 1. The Morgan fingerprint density at radius 1 is 1.04 bits per heavy atom. The highest BCUT2D eigenvalue weighted by Crippen LogP contribution is 2.36. The van der Waals surface area contributed by atoms with Gasteiger partial charge in [0.15, 0.2) is 0 Å². The van der Waals surface area contributed by atoms with E-state index in [0.29, 0.717) is 11.4 Å². The van der Waals surface area contributed by atoms with E-state index in [1.807, 2.05) is 0 Å². The molecule has 0 saturated heterocycles. The lowest BCUT2D eigenvalue weighted by molar-refractivity contribution is -0.137. The first kappa shape index (κ1) is 17.5. The zero-order valence-corrected chi connectivity index (χ0v) is 13.6. The summed E-state index contributed by atoms with van der Waals surface area (Å²) in [6.45, 7) is 0. The van der Waals surface area contributed by atoms with Gasteiger partial charge in [-0.15, -0.1) is 0 Å². The number of methoxy groups -OCH3 is 1. The number of hydrogen-bond acceptors (Lipinski definition) is 3. The van der Waals surface area contributed by atoms with E-state index < -0.39 is 17.3 Å². The van der Waals surface area contributed by atoms with Crippen molar-refractivity contribution < 1.29 is 17.9 Å². The summed E-state index contributed by atoms with van der Waals surface area (Å²) in [7, 11) is 1.53. The molecule has 3 rings (SSSR count). The summed E-state index contributed by atoms with van der Waals surface area (Å²) in [5, 5.41) is 4.82. The molecule has 8 heteroatoms. The zero-order chi connectivity index (χ0) is 18.7. The highest BCUT2D eigenvalue weighted by atomic mass is 19.4. The van der Waals surface area contributed by atoms with Gasteiger partial charge < -0.3 is 4.74 Å². The Hall–Kier alpha value is -3.29. The first-order valence-electron chi connectivity index (χ1n) is 7.55. The van der Waals surface area contributed by atoms with Gasteiger partial charge in [-0.3, -0.25) is 20.0 Å². The Morgan fingerprint density at radius 2 is 1.73 bits per heavy atom. The molecule has 0 fully saturated rings. The molecule has 2 aromatic carbocycles. The fourth-order valence-electron chi connectivity index (χ4n) is 2.46. The van der Waals surface area contributed by atoms with Gasteiger partial charge >= 0.3 is 6.18 Å². The number of benzene rings is 2. The van der Waals surface area contributed by atoms with Crippen molar-refractivity contribution in [3.05, 3.63) is 70.0 Å². The van der Waals surface area contributed by atoms with Crippen LogP contribution in [0.1, 0.15) is 11.1 Å². The van der Waals surface area contributed by atoms with E-state index in [0.717, 1.165) is 6.07 Å². The van der Waals surface area contributed by atoms with E-state index in [2.05, 4.69) is 15.2 Å². The second-order valence-electron chi connectivity index (χ2n) is 5.37. The Bertz CT molecular complexity index is 986. The van der Waals surface area contributed by atoms with Gasteiger partial charge in [-0.1, -0.05) is 18.2 Å². The average Bonchev–Trinajstić information content (AvgIpc) is 3.00. The maximum atomic E-state index is 13.2. The molecule has 0 spiro atoms. The Morgan fingerprint density at radius 3 is 2.38 bits per heavy atom. The van der Waals surface area contributed by atoms with E-state index >= 15 is 0 Å². The molecule has 0 amide bonds. The van der Waals surface area contributed by atoms with Crippen LogP contribution in [0.4, 0.5) is 18.9 Å². The lowest BCUT2D eigenvalue weighted by Crippen LogP contribution is -2.09. The number of aromatic amines is 2. The number of H-pyrrole nitrogens is 2. The molecule has 1 heterocycles. The van der Waals surface area contributed by atoms with E-state index in [4.69, 9.17) is 4.74 Å². The molecule has 0 bridgehead atoms. The molecule has 0 radical (unpaired) electrons. The second kappa shape index (κ2) is 6.91. The molecule has 0 aliphatic heterocycles. The van der Waals surface area contributed by atoms with Crippen LogP contribution >= 0.6 is 0 Å². The van der Waals surface area contributed by atoms with Gasteiger partial charge in [0.1, 0.15) is 5.75 Å². The molecule has 2 N–H and O–H groups in total. The number of ether oxygens (including phenoxy) is 1. The molecule has 0 saturated carbocycles. The van der Waals surface area contributed by atoms with Crippen LogP contribution in [0, 0.1) is 0 Å². The largest absolute Gasteiger partial charge is 0.497 e. The van der Waals surface area contributed by atoms with Crippen molar-refractivity contribution in [2.45, 2.75) is 6.18 Å². The summed E-state index contributed by atoms with van der Waals surface area (Å²) >= 11 is 0. The van der Waals surface area contributed by atoms with Gasteiger partial charge in [-0.2, -0.15) is 13.2 Å². The maximum absolute atomic E-state index is 13.2. The summed E-state index contributed by atoms with van der Waals surface area (Å²) in [5.41, 5.74) is -0.961. The highest BCUT2D eigenvalue weighted by Gasteiger charge is 2.34. The molecule has 0 aliphatic rings. The van der Waals surface area contributed by atoms with Crippen molar-refractivity contribution in [1.29, 1.82) is 0 Å². The predicted molar refractivity (Wildman–Crippen MR) is 92.1 cm³/mol. The molecule has 1 aromatic heterocycles. The van der Waals surface area contributed by atoms with Gasteiger partial charge in [0.2, 0.25) is 0 Å². The third-order valence-corrected chi connectivity index (χ3v) is 3.73. The van der Waals surface area contributed by atoms with Gasteiger partial charge in [0, 0.05) is 11.8 Å². The predicted octanol–water partition coefficient (Wildman–Crippen LogP) is 4.15. The molecule has 3 aromatic rings. The van der Waals surface area contributed by atoms with Crippen LogP contribution in [-0.2, 0) is 6.18 Å². The molecular formula is C18H14F3N3O2. The van der Waals surface area contributed by atoms with Crippen molar-refractivity contribution in [3.8, 4) is 17.0 Å². The van der Waals surface area contributed by atoms with Crippen LogP contribution in [0.15, 0.2) is 58.3 Å². The monoisotopic (exact) mass is 361 g/mol. The molecule has 0 unspecified atom stereocenters. The second-order valence-corrected chi connectivity index (χ2v) is 5.37. The van der Waals surface area contributed by atoms with Crippen LogP contribution in [0.25, 0.3) is 11.3 Å². The number of halogens is 3. The Balaban J connectivity index is 2.03. The minimum absolute atomic E-state index is 0.0116. The Kier molecular flexibility index (Phi) is 4.66. The van der Waals surface area contributed by atoms with Crippen LogP contribution in [0.5, 0.6) is 5.75 Å². The Labute approximate surface area is 146 Å². The minimum Gasteiger partial charge on any atom is -0.497 e. The van der Waals surface area contributed by atoms with Crippen molar-refractivity contribution in [2.75, 3.05) is 7.11 Å². The number of alkyl halides is 3. The van der Waals surface area contributed by atoms with E-state index in [1.54, 1.807) is 24.3 Å². The van der Waals surface area contributed by atoms with E-state index in [9.17, 15) is 18.0 Å². The van der Waals surface area contributed by atoms with Crippen LogP contribution in [-0.4, -0.2) is 23.5 Å². The van der Waals surface area contributed by atoms with Gasteiger partial charge in [0.25, 0.3) is 5.56 Å². The van der Waals surface area contributed by atoms with Crippen molar-refractivity contribution in [1.82, 2.24) is 10.2 Å². The lowest BCUT2D eigenvalue weighted by Gasteiger charge is -2.11. The molecule has 134 valence electrons. The lowest BCUT2D eigenvalue weighted by atomic mass is 10.0. The van der Waals surface area contributed by atoms with Crippen LogP contribution < -0.4 is 10.3 Å². The molecule has 0 atom stereocenters. The maximum Gasteiger partial charge on any atom is 0.417 e. The number of hydrogen-bond donors (Lipinski definition) is 2. The van der Waals surface area contributed by atoms with Crippen LogP contribution in [0.2, 0.25) is 0 Å². The van der Waals surface area contributed by atoms with Crippen molar-refractivity contribution >= 4 is 11.9 Å². The van der Waals surface area contributed by atoms with E-state index in [1.165, 1.54) is 31.5 Å². The highest BCUT2D eigenvalue weighted by molar-refractivity contribution is 5.90. The SMILES string of the molecule is COc1ccc(N=Cc2c(-c3ccccc3C(F)(F)F)[nH][nH]c2=O)cc1. The summed E-state index contributed by atoms with van der Waals surface area (Å²) in [4.78, 5) is 16.2. The fraction of sp³-hybridized carbons (Fsp3) is 0.111. The average molecular weight is 361 g/mol. The number of aliphatic imine (C=N–C) groups is 1. The summed E-state index contributed by atoms with van der Waals surface area (Å²) < 4.78 is 44.8. The standard InChI is InChI=1S/C18H14F3N3O2/c1-26-12-8-6-11(7-9-12)22-10-14-16(23-24-17(14)25)13-4-2-3-5-15(13)18(19,20)21/h2-10H,1H3,(H2,23,24,25). The van der Waals surface area contributed by atoms with Gasteiger partial charge in [-0.05, 0) is 30.3 Å². The summed E-state index contributed by atoms with van der Waals surface area (Å²) in [6.07, 6.45) is -3.31. The molecule has 5 nitrogen and oxygen atoms in total. The van der Waals surface area contributed by atoms with Crippen LogP contribution in [0.3, 0.4) is 0 Å². The van der Waals surface area contributed by atoms with Gasteiger partial charge in [-0.25, -0.2) is 0 Å². The first-order valence-corrected chi connectivity index (χ1v) is 7.55. The summed E-state index contributed by atoms with van der Waals surface area (Å²) in [5.74, 6) is 0.642. The quantitative estimate of drug-likeness (QED) is 0.686. The van der Waals surface area contributed by atoms with Gasteiger partial charge in [0.05, 0.1) is 29.6 Å². The molecule has 26 heavy (non-hydrogen) atoms. The fourth-order valence-corrected chi connectivity index (χ4v) is 2.46. The first-order chi connectivity index (χ1) is 12.4. The summed E-state index contributed by atoms with van der Waals surface area (Å²) in [6, 6.07) is 11.7. The number of aromatic nitrogens is 2. The smallest absolute Gasteiger partial charge is 0.417 e. The molecular weight excluding hydrogens is 347 g/mol. The zero-order valence-electron chi connectivity index (χ0n) is 13.6. The topological polar surface area (TPSA) is 70.2 Å². The van der Waals surface area contributed by atoms with E-state index in [-0.39, 0.29) is 16.8 Å².